The predicted octanol–water partition coefficient (Wildman–Crippen LogP) is 2.78. The number of aliphatic hydroxyl groups is 1. The van der Waals surface area contributed by atoms with Crippen LogP contribution in [0, 0.1) is 17.8 Å². The maximum absolute atomic E-state index is 9.86. The third-order valence-corrected chi connectivity index (χ3v) is 4.20. The molecule has 1 saturated carbocycles. The molecule has 0 aromatic heterocycles. The van der Waals surface area contributed by atoms with Crippen LogP contribution in [0.25, 0.3) is 0 Å². The van der Waals surface area contributed by atoms with E-state index in [1.165, 1.54) is 19.3 Å². The van der Waals surface area contributed by atoms with E-state index in [1.54, 1.807) is 11.8 Å². The van der Waals surface area contributed by atoms with Crippen LogP contribution >= 0.6 is 11.8 Å². The molecule has 1 aliphatic carbocycles. The van der Waals surface area contributed by atoms with Crippen LogP contribution in [0.2, 0.25) is 0 Å². The molecule has 1 fully saturated rings. The summed E-state index contributed by atoms with van der Waals surface area (Å²) in [4.78, 5) is 0. The Hall–Kier alpha value is 0.310. The van der Waals surface area contributed by atoms with Crippen LogP contribution in [0.5, 0.6) is 0 Å². The summed E-state index contributed by atoms with van der Waals surface area (Å²) in [7, 11) is 0. The molecule has 0 bridgehead atoms. The van der Waals surface area contributed by atoms with E-state index in [1.807, 2.05) is 0 Å². The monoisotopic (exact) mass is 202 g/mol. The Balaban J connectivity index is 2.36. The molecule has 4 unspecified atom stereocenters. The predicted molar refractivity (Wildman–Crippen MR) is 60.1 cm³/mol. The Morgan fingerprint density at radius 1 is 1.31 bits per heavy atom. The van der Waals surface area contributed by atoms with Crippen molar-refractivity contribution in [3.05, 3.63) is 0 Å². The van der Waals surface area contributed by atoms with Gasteiger partial charge in [0.2, 0.25) is 0 Å². The Labute approximate surface area is 86.3 Å². The fraction of sp³-hybridized carbons (Fsp3) is 1.00. The number of aliphatic hydroxyl groups excluding tert-OH is 1. The largest absolute Gasteiger partial charge is 0.392 e. The van der Waals surface area contributed by atoms with E-state index in [0.717, 1.165) is 17.6 Å². The number of rotatable bonds is 3. The van der Waals surface area contributed by atoms with Gasteiger partial charge < -0.3 is 5.11 Å². The molecule has 1 rings (SSSR count). The summed E-state index contributed by atoms with van der Waals surface area (Å²) in [6.07, 6.45) is 5.76. The first-order chi connectivity index (χ1) is 6.15. The molecule has 13 heavy (non-hydrogen) atoms. The highest BCUT2D eigenvalue weighted by atomic mass is 32.2. The molecule has 1 N–H and O–H groups in total. The van der Waals surface area contributed by atoms with Crippen LogP contribution in [0.1, 0.15) is 33.1 Å². The first kappa shape index (κ1) is 11.4. The van der Waals surface area contributed by atoms with E-state index in [9.17, 15) is 5.11 Å². The van der Waals surface area contributed by atoms with Crippen LogP contribution < -0.4 is 0 Å². The zero-order chi connectivity index (χ0) is 9.84. The first-order valence-electron chi connectivity index (χ1n) is 5.32. The lowest BCUT2D eigenvalue weighted by Gasteiger charge is -2.34. The number of thioether (sulfide) groups is 1. The van der Waals surface area contributed by atoms with Crippen LogP contribution in [-0.4, -0.2) is 23.2 Å². The smallest absolute Gasteiger partial charge is 0.0658 e. The molecule has 0 heterocycles. The summed E-state index contributed by atoms with van der Waals surface area (Å²) in [5.74, 6) is 3.14. The fourth-order valence-electron chi connectivity index (χ4n) is 2.25. The highest BCUT2D eigenvalue weighted by Gasteiger charge is 2.28. The van der Waals surface area contributed by atoms with Gasteiger partial charge in [0.05, 0.1) is 6.10 Å². The van der Waals surface area contributed by atoms with Crippen molar-refractivity contribution in [1.29, 1.82) is 0 Å². The van der Waals surface area contributed by atoms with Crippen LogP contribution in [-0.2, 0) is 0 Å². The third kappa shape index (κ3) is 3.17. The maximum Gasteiger partial charge on any atom is 0.0658 e. The first-order valence-corrected chi connectivity index (χ1v) is 6.71. The molecule has 0 aromatic rings. The second-order valence-electron chi connectivity index (χ2n) is 4.55. The van der Waals surface area contributed by atoms with Gasteiger partial charge in [0, 0.05) is 5.75 Å². The lowest BCUT2D eigenvalue weighted by molar-refractivity contribution is 0.0730. The quantitative estimate of drug-likeness (QED) is 0.759. The topological polar surface area (TPSA) is 20.2 Å². The summed E-state index contributed by atoms with van der Waals surface area (Å²) in [6, 6.07) is 0. The highest BCUT2D eigenvalue weighted by Crippen LogP contribution is 2.35. The van der Waals surface area contributed by atoms with Crippen LogP contribution in [0.15, 0.2) is 0 Å². The zero-order valence-corrected chi connectivity index (χ0v) is 9.81. The molecule has 0 aromatic carbocycles. The van der Waals surface area contributed by atoms with E-state index < -0.39 is 0 Å². The van der Waals surface area contributed by atoms with Crippen molar-refractivity contribution >= 4 is 11.8 Å². The summed E-state index contributed by atoms with van der Waals surface area (Å²) in [6.45, 7) is 4.66. The molecule has 0 spiro atoms. The maximum atomic E-state index is 9.86. The second-order valence-corrected chi connectivity index (χ2v) is 5.46. The molecule has 0 aliphatic heterocycles. The van der Waals surface area contributed by atoms with Gasteiger partial charge in [-0.2, -0.15) is 11.8 Å². The highest BCUT2D eigenvalue weighted by molar-refractivity contribution is 7.98. The second kappa shape index (κ2) is 5.26. The minimum Gasteiger partial charge on any atom is -0.392 e. The van der Waals surface area contributed by atoms with E-state index in [0.29, 0.717) is 5.92 Å². The Morgan fingerprint density at radius 3 is 2.54 bits per heavy atom. The minimum absolute atomic E-state index is 0.0649. The van der Waals surface area contributed by atoms with Gasteiger partial charge in [0.1, 0.15) is 0 Å². The van der Waals surface area contributed by atoms with Crippen molar-refractivity contribution < 1.29 is 5.11 Å². The molecule has 1 aliphatic rings. The van der Waals surface area contributed by atoms with Gasteiger partial charge in [0.15, 0.2) is 0 Å². The van der Waals surface area contributed by atoms with Crippen LogP contribution in [0.3, 0.4) is 0 Å². The van der Waals surface area contributed by atoms with Gasteiger partial charge in [-0.15, -0.1) is 0 Å². The van der Waals surface area contributed by atoms with Gasteiger partial charge >= 0.3 is 0 Å². The van der Waals surface area contributed by atoms with Crippen molar-refractivity contribution in [3.8, 4) is 0 Å². The minimum atomic E-state index is -0.0649. The van der Waals surface area contributed by atoms with Crippen molar-refractivity contribution in [3.63, 3.8) is 0 Å². The van der Waals surface area contributed by atoms with E-state index in [2.05, 4.69) is 20.1 Å². The molecule has 1 nitrogen and oxygen atoms in total. The van der Waals surface area contributed by atoms with Gasteiger partial charge in [-0.25, -0.2) is 0 Å². The lowest BCUT2D eigenvalue weighted by atomic mass is 9.74. The number of hydrogen-bond donors (Lipinski definition) is 1. The van der Waals surface area contributed by atoms with E-state index in [4.69, 9.17) is 0 Å². The van der Waals surface area contributed by atoms with Gasteiger partial charge in [-0.3, -0.25) is 0 Å². The van der Waals surface area contributed by atoms with Gasteiger partial charge in [0.25, 0.3) is 0 Å². The summed E-state index contributed by atoms with van der Waals surface area (Å²) in [5.41, 5.74) is 0. The molecule has 78 valence electrons. The Bertz CT molecular complexity index is 149. The number of hydrogen-bond acceptors (Lipinski definition) is 2. The molecular weight excluding hydrogens is 180 g/mol. The molecule has 0 amide bonds. The summed E-state index contributed by atoms with van der Waals surface area (Å²) in [5, 5.41) is 9.86. The summed E-state index contributed by atoms with van der Waals surface area (Å²) < 4.78 is 0. The average molecular weight is 202 g/mol. The van der Waals surface area contributed by atoms with Gasteiger partial charge in [-0.05, 0) is 36.9 Å². The molecule has 2 heteroatoms. The average Bonchev–Trinajstić information content (AvgIpc) is 2.10. The van der Waals surface area contributed by atoms with Crippen molar-refractivity contribution in [1.82, 2.24) is 0 Å². The molecule has 0 radical (unpaired) electrons. The fourth-order valence-corrected chi connectivity index (χ4v) is 2.86. The normalized spacial score (nSPS) is 37.4. The summed E-state index contributed by atoms with van der Waals surface area (Å²) >= 11 is 1.76. The van der Waals surface area contributed by atoms with E-state index in [-0.39, 0.29) is 6.10 Å². The van der Waals surface area contributed by atoms with Crippen molar-refractivity contribution in [2.75, 3.05) is 12.0 Å². The zero-order valence-electron chi connectivity index (χ0n) is 8.99. The standard InChI is InChI=1S/C11H22OS/c1-8-4-5-10(6-9(8)2)11(12)7-13-3/h8-12H,4-7H2,1-3H3. The third-order valence-electron chi connectivity index (χ3n) is 3.52. The SMILES string of the molecule is CSCC(O)C1CCC(C)C(C)C1. The lowest BCUT2D eigenvalue weighted by Crippen LogP contribution is -2.30. The Morgan fingerprint density at radius 2 is 2.00 bits per heavy atom. The Kier molecular flexibility index (Phi) is 4.60. The molecule has 4 atom stereocenters. The van der Waals surface area contributed by atoms with E-state index >= 15 is 0 Å². The van der Waals surface area contributed by atoms with Crippen LogP contribution in [0.4, 0.5) is 0 Å². The van der Waals surface area contributed by atoms with Crippen molar-refractivity contribution in [2.24, 2.45) is 17.8 Å². The molecular formula is C11H22OS. The molecule has 0 saturated heterocycles. The van der Waals surface area contributed by atoms with Gasteiger partial charge in [-0.1, -0.05) is 20.3 Å². The van der Waals surface area contributed by atoms with Crippen molar-refractivity contribution in [2.45, 2.75) is 39.2 Å².